The van der Waals surface area contributed by atoms with Crippen LogP contribution in [0, 0.1) is 0 Å². The van der Waals surface area contributed by atoms with Crippen LogP contribution in [0.15, 0.2) is 42.7 Å². The number of anilines is 1. The minimum atomic E-state index is -0.997. The molecule has 5 rings (SSSR count). The van der Waals surface area contributed by atoms with E-state index in [4.69, 9.17) is 9.47 Å². The largest absolute Gasteiger partial charge is 0.481 e. The van der Waals surface area contributed by atoms with Gasteiger partial charge in [-0.25, -0.2) is 9.67 Å². The molecule has 1 unspecified atom stereocenters. The number of nitrogens with zero attached hydrogens (tertiary/aromatic N) is 3. The van der Waals surface area contributed by atoms with E-state index in [-0.39, 0.29) is 5.91 Å². The second kappa shape index (κ2) is 6.09. The molecule has 3 heterocycles. The Labute approximate surface area is 162 Å². The summed E-state index contributed by atoms with van der Waals surface area (Å²) in [5.41, 5.74) is 4.19. The number of nitrogens with one attached hydrogen (secondary N) is 1. The number of aryl methyl sites for hydroxylation is 1. The quantitative estimate of drug-likeness (QED) is 0.758. The van der Waals surface area contributed by atoms with Gasteiger partial charge in [0.05, 0.1) is 25.5 Å². The van der Waals surface area contributed by atoms with Crippen LogP contribution in [0.2, 0.25) is 0 Å². The highest BCUT2D eigenvalue weighted by atomic mass is 16.5. The Morgan fingerprint density at radius 2 is 2.14 bits per heavy atom. The number of amides is 1. The molecule has 7 heteroatoms. The minimum Gasteiger partial charge on any atom is -0.481 e. The van der Waals surface area contributed by atoms with E-state index in [0.717, 1.165) is 29.7 Å². The number of ether oxygens (including phenoxy) is 2. The molecule has 28 heavy (non-hydrogen) atoms. The summed E-state index contributed by atoms with van der Waals surface area (Å²) >= 11 is 0. The first-order chi connectivity index (χ1) is 13.6. The predicted octanol–water partition coefficient (Wildman–Crippen LogP) is 2.84. The Balaban J connectivity index is 1.50. The molecule has 0 saturated carbocycles. The number of pyridine rings is 1. The molecule has 0 spiro atoms. The van der Waals surface area contributed by atoms with E-state index in [2.05, 4.69) is 21.5 Å². The fourth-order valence-corrected chi connectivity index (χ4v) is 3.80. The third-order valence-corrected chi connectivity index (χ3v) is 5.49. The van der Waals surface area contributed by atoms with Gasteiger partial charge in [0.15, 0.2) is 0 Å². The van der Waals surface area contributed by atoms with Crippen LogP contribution in [-0.2, 0) is 24.2 Å². The van der Waals surface area contributed by atoms with Crippen molar-refractivity contribution in [3.05, 3.63) is 53.9 Å². The van der Waals surface area contributed by atoms with Crippen molar-refractivity contribution in [2.75, 3.05) is 12.4 Å². The molecule has 0 saturated heterocycles. The molecule has 1 aliphatic heterocycles. The van der Waals surface area contributed by atoms with Crippen LogP contribution in [0.4, 0.5) is 5.69 Å². The summed E-state index contributed by atoms with van der Waals surface area (Å²) in [5, 5.41) is 7.35. The van der Waals surface area contributed by atoms with Gasteiger partial charge in [0, 0.05) is 23.9 Å². The maximum absolute atomic E-state index is 13.2. The lowest BCUT2D eigenvalue weighted by molar-refractivity contribution is -0.128. The van der Waals surface area contributed by atoms with Gasteiger partial charge in [-0.05, 0) is 42.5 Å². The van der Waals surface area contributed by atoms with Crippen molar-refractivity contribution in [1.29, 1.82) is 0 Å². The zero-order valence-corrected chi connectivity index (χ0v) is 15.7. The summed E-state index contributed by atoms with van der Waals surface area (Å²) in [6.07, 6.45) is 5.35. The number of carbonyl (C=O) groups excluding carboxylic acids is 1. The van der Waals surface area contributed by atoms with E-state index in [1.807, 2.05) is 18.2 Å². The summed E-state index contributed by atoms with van der Waals surface area (Å²) < 4.78 is 12.9. The molecule has 3 aromatic rings. The van der Waals surface area contributed by atoms with Crippen LogP contribution in [0.1, 0.15) is 18.1 Å². The Hall–Kier alpha value is -3.35. The van der Waals surface area contributed by atoms with Crippen molar-refractivity contribution < 1.29 is 14.3 Å². The number of carbonyl (C=O) groups is 1. The number of aromatic nitrogens is 3. The molecule has 2 aliphatic rings. The van der Waals surface area contributed by atoms with Crippen LogP contribution in [0.5, 0.6) is 11.8 Å². The van der Waals surface area contributed by atoms with Gasteiger partial charge in [0.1, 0.15) is 0 Å². The highest BCUT2D eigenvalue weighted by Crippen LogP contribution is 2.40. The van der Waals surface area contributed by atoms with E-state index in [0.29, 0.717) is 18.3 Å². The van der Waals surface area contributed by atoms with Crippen molar-refractivity contribution >= 4 is 11.6 Å². The molecular formula is C21H20N4O3. The summed E-state index contributed by atoms with van der Waals surface area (Å²) in [7, 11) is 1.59. The molecule has 0 radical (unpaired) electrons. The Morgan fingerprint density at radius 3 is 2.89 bits per heavy atom. The molecule has 2 aromatic heterocycles. The molecule has 1 aliphatic carbocycles. The van der Waals surface area contributed by atoms with E-state index in [9.17, 15) is 4.79 Å². The smallest absolute Gasteiger partial charge is 0.270 e. The first kappa shape index (κ1) is 16.8. The minimum absolute atomic E-state index is 0.180. The maximum atomic E-state index is 13.2. The molecule has 1 amide bonds. The molecular weight excluding hydrogens is 356 g/mol. The Morgan fingerprint density at radius 1 is 1.25 bits per heavy atom. The van der Waals surface area contributed by atoms with Gasteiger partial charge < -0.3 is 14.8 Å². The van der Waals surface area contributed by atoms with Crippen molar-refractivity contribution in [3.8, 4) is 22.9 Å². The predicted molar refractivity (Wildman–Crippen MR) is 104 cm³/mol. The number of fused-ring (bicyclic) bond motifs is 2. The second-order valence-electron chi connectivity index (χ2n) is 7.33. The summed E-state index contributed by atoms with van der Waals surface area (Å²) in [6.45, 7) is 2.18. The van der Waals surface area contributed by atoms with Gasteiger partial charge in [0.2, 0.25) is 17.4 Å². The number of hydrogen-bond acceptors (Lipinski definition) is 5. The van der Waals surface area contributed by atoms with Gasteiger partial charge in [-0.2, -0.15) is 5.10 Å². The van der Waals surface area contributed by atoms with Crippen molar-refractivity contribution in [3.63, 3.8) is 0 Å². The number of hydrogen-bond donors (Lipinski definition) is 1. The number of methoxy groups -OCH3 is 1. The zero-order valence-electron chi connectivity index (χ0n) is 15.7. The van der Waals surface area contributed by atoms with Crippen LogP contribution >= 0.6 is 0 Å². The first-order valence-electron chi connectivity index (χ1n) is 9.25. The van der Waals surface area contributed by atoms with Crippen molar-refractivity contribution in [2.24, 2.45) is 0 Å². The van der Waals surface area contributed by atoms with Crippen LogP contribution in [-0.4, -0.2) is 33.4 Å². The van der Waals surface area contributed by atoms with Crippen LogP contribution < -0.4 is 14.8 Å². The van der Waals surface area contributed by atoms with Gasteiger partial charge >= 0.3 is 0 Å². The monoisotopic (exact) mass is 376 g/mol. The van der Waals surface area contributed by atoms with Gasteiger partial charge in [-0.1, -0.05) is 12.1 Å². The normalized spacial score (nSPS) is 19.2. The van der Waals surface area contributed by atoms with E-state index in [1.165, 1.54) is 11.1 Å². The number of rotatable bonds is 4. The maximum Gasteiger partial charge on any atom is 0.270 e. The number of benzene rings is 1. The van der Waals surface area contributed by atoms with E-state index < -0.39 is 5.60 Å². The van der Waals surface area contributed by atoms with E-state index >= 15 is 0 Å². The molecule has 1 atom stereocenters. The van der Waals surface area contributed by atoms with Crippen molar-refractivity contribution in [1.82, 2.24) is 14.8 Å². The molecule has 1 N–H and O–H groups in total. The fraction of sp³-hybridized carbons (Fsp3) is 0.286. The molecule has 7 nitrogen and oxygen atoms in total. The van der Waals surface area contributed by atoms with Crippen molar-refractivity contribution in [2.45, 2.75) is 31.9 Å². The first-order valence-corrected chi connectivity index (χ1v) is 9.25. The van der Waals surface area contributed by atoms with Gasteiger partial charge in [0.25, 0.3) is 5.91 Å². The third kappa shape index (κ3) is 2.54. The average molecular weight is 376 g/mol. The molecule has 142 valence electrons. The standard InChI is InChI=1S/C21H20N4O3/c1-21(12-25-18(28-21)8-10-23-25)20(26)24-19-15-5-3-13(15)4-6-16(19)14-7-9-22-17(11-14)27-2/h4,6-11H,3,5,12H2,1-2H3,(H,24,26). The van der Waals surface area contributed by atoms with Gasteiger partial charge in [-0.15, -0.1) is 0 Å². The highest BCUT2D eigenvalue weighted by Gasteiger charge is 2.43. The fourth-order valence-electron chi connectivity index (χ4n) is 3.80. The lowest BCUT2D eigenvalue weighted by atomic mass is 9.83. The molecule has 1 aromatic carbocycles. The van der Waals surface area contributed by atoms with Crippen LogP contribution in [0.3, 0.4) is 0 Å². The third-order valence-electron chi connectivity index (χ3n) is 5.49. The summed E-state index contributed by atoms with van der Waals surface area (Å²) in [4.78, 5) is 17.4. The zero-order chi connectivity index (χ0) is 19.3. The molecule has 0 fully saturated rings. The SMILES string of the molecule is COc1cc(-c2ccc3c(c2NC(=O)C2(C)Cn4nccc4O2)CC3)ccn1. The highest BCUT2D eigenvalue weighted by molar-refractivity contribution is 6.02. The lowest BCUT2D eigenvalue weighted by Gasteiger charge is -2.28. The van der Waals surface area contributed by atoms with Crippen LogP contribution in [0.25, 0.3) is 11.1 Å². The Kier molecular flexibility index (Phi) is 3.65. The average Bonchev–Trinajstić information content (AvgIpc) is 3.22. The lowest BCUT2D eigenvalue weighted by Crippen LogP contribution is -2.45. The second-order valence-corrected chi connectivity index (χ2v) is 7.33. The van der Waals surface area contributed by atoms with Gasteiger partial charge in [-0.3, -0.25) is 4.79 Å². The molecule has 0 bridgehead atoms. The summed E-state index contributed by atoms with van der Waals surface area (Å²) in [5.74, 6) is 0.965. The van der Waals surface area contributed by atoms with E-state index in [1.54, 1.807) is 37.2 Å². The topological polar surface area (TPSA) is 78.3 Å². The Bertz CT molecular complexity index is 1070. The summed E-state index contributed by atoms with van der Waals surface area (Å²) in [6, 6.07) is 9.73.